The SMILES string of the molecule is CN1CN(C)c2cccnc2S1. The summed E-state index contributed by atoms with van der Waals surface area (Å²) >= 11 is 1.70. The summed E-state index contributed by atoms with van der Waals surface area (Å²) in [6.07, 6.45) is 1.83. The van der Waals surface area contributed by atoms with E-state index in [1.54, 1.807) is 11.9 Å². The molecule has 1 aromatic rings. The number of hydrogen-bond donors (Lipinski definition) is 0. The first kappa shape index (κ1) is 7.89. The maximum Gasteiger partial charge on any atom is 0.134 e. The van der Waals surface area contributed by atoms with Gasteiger partial charge in [-0.05, 0) is 31.1 Å². The van der Waals surface area contributed by atoms with E-state index in [1.165, 1.54) is 5.69 Å². The Morgan fingerprint density at radius 3 is 3.17 bits per heavy atom. The van der Waals surface area contributed by atoms with Gasteiger partial charge in [0.2, 0.25) is 0 Å². The first-order valence-corrected chi connectivity index (χ1v) is 4.60. The highest BCUT2D eigenvalue weighted by molar-refractivity contribution is 7.97. The van der Waals surface area contributed by atoms with Crippen molar-refractivity contribution < 1.29 is 0 Å². The number of fused-ring (bicyclic) bond motifs is 1. The molecule has 64 valence electrons. The van der Waals surface area contributed by atoms with E-state index in [-0.39, 0.29) is 0 Å². The monoisotopic (exact) mass is 181 g/mol. The van der Waals surface area contributed by atoms with E-state index in [0.29, 0.717) is 0 Å². The molecule has 1 aromatic heterocycles. The summed E-state index contributed by atoms with van der Waals surface area (Å²) < 4.78 is 2.16. The van der Waals surface area contributed by atoms with Crippen LogP contribution < -0.4 is 4.90 Å². The summed E-state index contributed by atoms with van der Waals surface area (Å²) in [6, 6.07) is 4.07. The smallest absolute Gasteiger partial charge is 0.134 e. The Hall–Kier alpha value is -0.740. The molecule has 0 bridgehead atoms. The van der Waals surface area contributed by atoms with Crippen molar-refractivity contribution in [2.24, 2.45) is 0 Å². The van der Waals surface area contributed by atoms with Crippen molar-refractivity contribution in [1.29, 1.82) is 0 Å². The fraction of sp³-hybridized carbons (Fsp3) is 0.375. The standard InChI is InChI=1S/C8H11N3S/c1-10-6-11(2)12-8-7(10)4-3-5-9-8/h3-5H,6H2,1-2H3. The van der Waals surface area contributed by atoms with Crippen LogP contribution in [-0.2, 0) is 0 Å². The fourth-order valence-electron chi connectivity index (χ4n) is 1.29. The molecule has 12 heavy (non-hydrogen) atoms. The van der Waals surface area contributed by atoms with Crippen LogP contribution in [0.1, 0.15) is 0 Å². The Labute approximate surface area is 76.5 Å². The fourth-order valence-corrected chi connectivity index (χ4v) is 2.25. The van der Waals surface area contributed by atoms with Crippen LogP contribution in [-0.4, -0.2) is 30.1 Å². The third kappa shape index (κ3) is 1.28. The lowest BCUT2D eigenvalue weighted by Gasteiger charge is -2.31. The summed E-state index contributed by atoms with van der Waals surface area (Å²) in [4.78, 5) is 6.49. The molecule has 4 heteroatoms. The van der Waals surface area contributed by atoms with E-state index in [1.807, 2.05) is 12.3 Å². The maximum absolute atomic E-state index is 4.30. The molecule has 0 saturated carbocycles. The van der Waals surface area contributed by atoms with E-state index in [0.717, 1.165) is 11.7 Å². The Bertz CT molecular complexity index is 289. The Balaban J connectivity index is 2.40. The van der Waals surface area contributed by atoms with Gasteiger partial charge in [0.05, 0.1) is 12.4 Å². The van der Waals surface area contributed by atoms with Gasteiger partial charge < -0.3 is 4.90 Å². The van der Waals surface area contributed by atoms with Crippen LogP contribution in [0, 0.1) is 0 Å². The van der Waals surface area contributed by atoms with Gasteiger partial charge in [0.1, 0.15) is 5.03 Å². The molecule has 2 rings (SSSR count). The van der Waals surface area contributed by atoms with Crippen molar-refractivity contribution >= 4 is 17.6 Å². The van der Waals surface area contributed by atoms with Crippen LogP contribution in [0.2, 0.25) is 0 Å². The molecular weight excluding hydrogens is 170 g/mol. The summed E-state index contributed by atoms with van der Waals surface area (Å²) in [6.45, 7) is 0.948. The van der Waals surface area contributed by atoms with Gasteiger partial charge in [0.15, 0.2) is 0 Å². The van der Waals surface area contributed by atoms with Crippen molar-refractivity contribution in [3.63, 3.8) is 0 Å². The Morgan fingerprint density at radius 2 is 2.33 bits per heavy atom. The topological polar surface area (TPSA) is 19.4 Å². The summed E-state index contributed by atoms with van der Waals surface area (Å²) in [5.74, 6) is 0. The van der Waals surface area contributed by atoms with E-state index < -0.39 is 0 Å². The van der Waals surface area contributed by atoms with Gasteiger partial charge in [0.25, 0.3) is 0 Å². The van der Waals surface area contributed by atoms with Crippen molar-refractivity contribution in [1.82, 2.24) is 9.29 Å². The lowest BCUT2D eigenvalue weighted by atomic mass is 10.4. The van der Waals surface area contributed by atoms with Crippen molar-refractivity contribution in [3.8, 4) is 0 Å². The molecule has 0 aromatic carbocycles. The van der Waals surface area contributed by atoms with E-state index in [2.05, 4.69) is 34.4 Å². The molecular formula is C8H11N3S. The van der Waals surface area contributed by atoms with Gasteiger partial charge in [-0.25, -0.2) is 9.29 Å². The number of pyridine rings is 1. The van der Waals surface area contributed by atoms with E-state index in [4.69, 9.17) is 0 Å². The number of anilines is 1. The normalized spacial score (nSPS) is 17.7. The zero-order chi connectivity index (χ0) is 8.55. The van der Waals surface area contributed by atoms with Crippen LogP contribution in [0.25, 0.3) is 0 Å². The minimum absolute atomic E-state index is 0.948. The highest BCUT2D eigenvalue weighted by Gasteiger charge is 2.18. The first-order valence-electron chi connectivity index (χ1n) is 3.82. The van der Waals surface area contributed by atoms with Crippen LogP contribution in [0.4, 0.5) is 5.69 Å². The van der Waals surface area contributed by atoms with E-state index in [9.17, 15) is 0 Å². The number of rotatable bonds is 0. The van der Waals surface area contributed by atoms with Crippen LogP contribution in [0.3, 0.4) is 0 Å². The van der Waals surface area contributed by atoms with Gasteiger partial charge in [-0.3, -0.25) is 0 Å². The molecule has 0 radical (unpaired) electrons. The molecule has 1 aliphatic rings. The molecule has 0 spiro atoms. The van der Waals surface area contributed by atoms with Crippen molar-refractivity contribution in [2.45, 2.75) is 5.03 Å². The van der Waals surface area contributed by atoms with Gasteiger partial charge in [0, 0.05) is 13.2 Å². The predicted octanol–water partition coefficient (Wildman–Crippen LogP) is 1.43. The van der Waals surface area contributed by atoms with E-state index >= 15 is 0 Å². The van der Waals surface area contributed by atoms with Crippen LogP contribution >= 0.6 is 11.9 Å². The number of hydrogen-bond acceptors (Lipinski definition) is 4. The molecule has 0 N–H and O–H groups in total. The minimum atomic E-state index is 0.948. The first-order chi connectivity index (χ1) is 5.77. The summed E-state index contributed by atoms with van der Waals surface area (Å²) in [7, 11) is 4.15. The third-order valence-electron chi connectivity index (χ3n) is 1.82. The average Bonchev–Trinajstić information content (AvgIpc) is 2.04. The molecule has 1 aliphatic heterocycles. The lowest BCUT2D eigenvalue weighted by Crippen LogP contribution is -2.32. The molecule has 0 aliphatic carbocycles. The molecule has 0 atom stereocenters. The molecule has 2 heterocycles. The average molecular weight is 181 g/mol. The molecule has 0 saturated heterocycles. The summed E-state index contributed by atoms with van der Waals surface area (Å²) in [5.41, 5.74) is 1.22. The summed E-state index contributed by atoms with van der Waals surface area (Å²) in [5, 5.41) is 1.09. The third-order valence-corrected chi connectivity index (χ3v) is 2.73. The highest BCUT2D eigenvalue weighted by Crippen LogP contribution is 2.33. The van der Waals surface area contributed by atoms with Gasteiger partial charge in [-0.15, -0.1) is 0 Å². The van der Waals surface area contributed by atoms with Crippen LogP contribution in [0.15, 0.2) is 23.4 Å². The second kappa shape index (κ2) is 2.95. The van der Waals surface area contributed by atoms with Crippen molar-refractivity contribution in [2.75, 3.05) is 25.7 Å². The molecule has 3 nitrogen and oxygen atoms in total. The van der Waals surface area contributed by atoms with Crippen LogP contribution in [0.5, 0.6) is 0 Å². The zero-order valence-electron chi connectivity index (χ0n) is 7.19. The van der Waals surface area contributed by atoms with Gasteiger partial charge in [-0.2, -0.15) is 0 Å². The molecule has 0 unspecified atom stereocenters. The minimum Gasteiger partial charge on any atom is -0.359 e. The van der Waals surface area contributed by atoms with Gasteiger partial charge >= 0.3 is 0 Å². The van der Waals surface area contributed by atoms with Gasteiger partial charge in [-0.1, -0.05) is 0 Å². The second-order valence-electron chi connectivity index (χ2n) is 2.89. The largest absolute Gasteiger partial charge is 0.359 e. The quantitative estimate of drug-likeness (QED) is 0.564. The Morgan fingerprint density at radius 1 is 1.50 bits per heavy atom. The maximum atomic E-state index is 4.30. The van der Waals surface area contributed by atoms with Crippen molar-refractivity contribution in [3.05, 3.63) is 18.3 Å². The zero-order valence-corrected chi connectivity index (χ0v) is 8.01. The lowest BCUT2D eigenvalue weighted by molar-refractivity contribution is 0.547. The molecule has 0 fully saturated rings. The highest BCUT2D eigenvalue weighted by atomic mass is 32.2. The molecule has 0 amide bonds. The number of aromatic nitrogens is 1. The second-order valence-corrected chi connectivity index (χ2v) is 4.08. The Kier molecular flexibility index (Phi) is 1.94. The predicted molar refractivity (Wildman–Crippen MR) is 51.1 cm³/mol. The number of nitrogens with zero attached hydrogens (tertiary/aromatic N) is 3.